The zero-order chi connectivity index (χ0) is 13.9. The van der Waals surface area contributed by atoms with Gasteiger partial charge in [-0.15, -0.1) is 0 Å². The lowest BCUT2D eigenvalue weighted by atomic mass is 10.9. The third-order valence-corrected chi connectivity index (χ3v) is 9.14. The minimum Gasteiger partial charge on any atom is -0.397 e. The highest BCUT2D eigenvalue weighted by Gasteiger charge is 2.44. The van der Waals surface area contributed by atoms with Crippen molar-refractivity contribution < 1.29 is 22.1 Å². The van der Waals surface area contributed by atoms with Gasteiger partial charge in [-0.25, -0.2) is 0 Å². The Morgan fingerprint density at radius 2 is 1.06 bits per heavy atom. The first kappa shape index (κ1) is 18.2. The highest BCUT2D eigenvalue weighted by atomic mass is 28.4. The molecule has 0 unspecified atom stereocenters. The lowest BCUT2D eigenvalue weighted by Gasteiger charge is -2.30. The van der Waals surface area contributed by atoms with E-state index in [1.54, 1.807) is 0 Å². The molecule has 7 heteroatoms. The van der Waals surface area contributed by atoms with Crippen LogP contribution in [0.3, 0.4) is 0 Å². The summed E-state index contributed by atoms with van der Waals surface area (Å²) in [4.78, 5) is 0. The summed E-state index contributed by atoms with van der Waals surface area (Å²) in [6.07, 6.45) is 0. The molecule has 0 spiro atoms. The van der Waals surface area contributed by atoms with Gasteiger partial charge in [-0.05, 0) is 34.6 Å². The van der Waals surface area contributed by atoms with E-state index in [-0.39, 0.29) is 0 Å². The van der Waals surface area contributed by atoms with Crippen LogP contribution in [0.15, 0.2) is 0 Å². The summed E-state index contributed by atoms with van der Waals surface area (Å²) >= 11 is 0. The van der Waals surface area contributed by atoms with E-state index in [0.29, 0.717) is 38.7 Å². The molecular weight excluding hydrogens is 268 g/mol. The average molecular weight is 297 g/mol. The van der Waals surface area contributed by atoms with Crippen LogP contribution in [-0.2, 0) is 22.1 Å². The van der Waals surface area contributed by atoms with Crippen molar-refractivity contribution in [2.45, 2.75) is 40.3 Å². The van der Waals surface area contributed by atoms with Crippen molar-refractivity contribution in [3.63, 3.8) is 0 Å². The van der Waals surface area contributed by atoms with E-state index in [2.05, 4.69) is 0 Å². The van der Waals surface area contributed by atoms with Gasteiger partial charge in [-0.1, -0.05) is 0 Å². The van der Waals surface area contributed by atoms with Gasteiger partial charge in [0.25, 0.3) is 0 Å². The molecule has 0 N–H and O–H groups in total. The van der Waals surface area contributed by atoms with Crippen molar-refractivity contribution in [1.29, 1.82) is 0 Å². The minimum atomic E-state index is -2.62. The molecule has 110 valence electrons. The first-order valence-electron chi connectivity index (χ1n) is 6.82. The maximum absolute atomic E-state index is 5.80. The molecule has 5 nitrogen and oxygen atoms in total. The van der Waals surface area contributed by atoms with Crippen LogP contribution in [0.2, 0.25) is 5.67 Å². The Bertz CT molecular complexity index is 171. The first-order chi connectivity index (χ1) is 8.67. The second kappa shape index (κ2) is 11.1. The van der Waals surface area contributed by atoms with Crippen LogP contribution in [0.1, 0.15) is 34.6 Å². The lowest BCUT2D eigenvalue weighted by molar-refractivity contribution is 0.0721. The molecular formula is C11H28O5Si2. The monoisotopic (exact) mass is 296 g/mol. The van der Waals surface area contributed by atoms with Gasteiger partial charge in [-0.2, -0.15) is 0 Å². The molecule has 0 aliphatic rings. The van der Waals surface area contributed by atoms with Crippen LogP contribution in [0, 0.1) is 0 Å². The van der Waals surface area contributed by atoms with Crippen LogP contribution >= 0.6 is 0 Å². The minimum absolute atomic E-state index is 0.589. The Kier molecular flexibility index (Phi) is 11.2. The highest BCUT2D eigenvalue weighted by Crippen LogP contribution is 2.18. The number of hydrogen-bond donors (Lipinski definition) is 0. The smallest absolute Gasteiger partial charge is 0.397 e. The molecule has 0 saturated heterocycles. The summed E-state index contributed by atoms with van der Waals surface area (Å²) in [7, 11) is -4.39. The van der Waals surface area contributed by atoms with Gasteiger partial charge in [0.2, 0.25) is 0 Å². The van der Waals surface area contributed by atoms with Crippen molar-refractivity contribution in [1.82, 2.24) is 0 Å². The van der Waals surface area contributed by atoms with Gasteiger partial charge in [-0.3, -0.25) is 0 Å². The normalized spacial score (nSPS) is 12.3. The topological polar surface area (TPSA) is 46.2 Å². The van der Waals surface area contributed by atoms with E-state index in [1.807, 2.05) is 34.6 Å². The molecule has 0 rings (SSSR count). The average Bonchev–Trinajstić information content (AvgIpc) is 2.30. The van der Waals surface area contributed by atoms with Crippen LogP contribution in [0.5, 0.6) is 0 Å². The Balaban J connectivity index is 4.66. The third-order valence-electron chi connectivity index (χ3n) is 2.21. The van der Waals surface area contributed by atoms with Gasteiger partial charge in [0, 0.05) is 33.0 Å². The van der Waals surface area contributed by atoms with Gasteiger partial charge in [0.05, 0.1) is 5.67 Å². The van der Waals surface area contributed by atoms with E-state index >= 15 is 0 Å². The summed E-state index contributed by atoms with van der Waals surface area (Å²) in [6, 6.07) is 0. The molecule has 18 heavy (non-hydrogen) atoms. The largest absolute Gasteiger partial charge is 0.502 e. The highest BCUT2D eigenvalue weighted by molar-refractivity contribution is 6.73. The predicted molar refractivity (Wildman–Crippen MR) is 75.8 cm³/mol. The lowest BCUT2D eigenvalue weighted by Crippen LogP contribution is -2.50. The molecule has 0 atom stereocenters. The SMILES string of the molecule is CCO[SiH](C[Si](OCC)(OCC)OCC)OCC. The van der Waals surface area contributed by atoms with E-state index < -0.39 is 18.1 Å². The molecule has 0 aliphatic heterocycles. The third kappa shape index (κ3) is 6.98. The van der Waals surface area contributed by atoms with Crippen LogP contribution in [-0.4, -0.2) is 51.1 Å². The predicted octanol–water partition coefficient (Wildman–Crippen LogP) is 1.87. The fourth-order valence-electron chi connectivity index (χ4n) is 1.70. The van der Waals surface area contributed by atoms with E-state index in [9.17, 15) is 0 Å². The molecule has 0 fully saturated rings. The molecule has 0 aliphatic carbocycles. The maximum atomic E-state index is 5.80. The molecule has 0 saturated carbocycles. The van der Waals surface area contributed by atoms with Gasteiger partial charge in [0.15, 0.2) is 0 Å². The van der Waals surface area contributed by atoms with Crippen molar-refractivity contribution in [3.8, 4) is 0 Å². The number of hydrogen-bond acceptors (Lipinski definition) is 5. The van der Waals surface area contributed by atoms with Gasteiger partial charge < -0.3 is 22.1 Å². The van der Waals surface area contributed by atoms with E-state index in [4.69, 9.17) is 22.1 Å². The second-order valence-electron chi connectivity index (χ2n) is 3.53. The molecule has 0 radical (unpaired) electrons. The van der Waals surface area contributed by atoms with E-state index in [0.717, 1.165) is 0 Å². The Morgan fingerprint density at radius 1 is 0.667 bits per heavy atom. The molecule has 0 heterocycles. The Labute approximate surface area is 114 Å². The molecule has 0 aromatic heterocycles. The van der Waals surface area contributed by atoms with Crippen LogP contribution in [0.25, 0.3) is 0 Å². The van der Waals surface area contributed by atoms with E-state index in [1.165, 1.54) is 0 Å². The molecule has 0 aromatic carbocycles. The fraction of sp³-hybridized carbons (Fsp3) is 1.00. The maximum Gasteiger partial charge on any atom is 0.502 e. The van der Waals surface area contributed by atoms with Crippen LogP contribution < -0.4 is 0 Å². The zero-order valence-electron chi connectivity index (χ0n) is 12.4. The van der Waals surface area contributed by atoms with Gasteiger partial charge in [0.1, 0.15) is 0 Å². The molecule has 0 amide bonds. The Hall–Kier alpha value is 0.234. The summed E-state index contributed by atoms with van der Waals surface area (Å²) in [5, 5.41) is 0. The second-order valence-corrected chi connectivity index (χ2v) is 8.92. The first-order valence-corrected chi connectivity index (χ1v) is 10.5. The van der Waals surface area contributed by atoms with Crippen LogP contribution in [0.4, 0.5) is 0 Å². The number of rotatable bonds is 12. The summed E-state index contributed by atoms with van der Waals surface area (Å²) < 4.78 is 28.8. The van der Waals surface area contributed by atoms with Crippen molar-refractivity contribution in [2.75, 3.05) is 33.0 Å². The van der Waals surface area contributed by atoms with Crippen molar-refractivity contribution in [3.05, 3.63) is 0 Å². The van der Waals surface area contributed by atoms with Gasteiger partial charge >= 0.3 is 18.1 Å². The molecule has 0 bridgehead atoms. The summed E-state index contributed by atoms with van der Waals surface area (Å²) in [5.41, 5.74) is 0.671. The Morgan fingerprint density at radius 3 is 1.33 bits per heavy atom. The zero-order valence-corrected chi connectivity index (χ0v) is 14.5. The fourth-order valence-corrected chi connectivity index (χ4v) is 8.10. The van der Waals surface area contributed by atoms with Crippen molar-refractivity contribution in [2.24, 2.45) is 0 Å². The standard InChI is InChI=1S/C11H28O5Si2/c1-6-12-17(13-7-2)11-18(14-8-3,15-9-4)16-10-5/h17H,6-11H2,1-5H3. The molecule has 0 aromatic rings. The van der Waals surface area contributed by atoms with Crippen molar-refractivity contribution >= 4 is 18.1 Å². The quantitative estimate of drug-likeness (QED) is 0.515. The summed E-state index contributed by atoms with van der Waals surface area (Å²) in [5.74, 6) is 0. The summed E-state index contributed by atoms with van der Waals surface area (Å²) in [6.45, 7) is 12.9.